The first-order valence-corrected chi connectivity index (χ1v) is 9.79. The van der Waals surface area contributed by atoms with Crippen LogP contribution in [0.5, 0.6) is 0 Å². The molecule has 1 aromatic rings. The smallest absolute Gasteiger partial charge is 0.325 e. The van der Waals surface area contributed by atoms with Crippen LogP contribution in [0.1, 0.15) is 44.3 Å². The summed E-state index contributed by atoms with van der Waals surface area (Å²) in [6.45, 7) is -0.688. The molecule has 6 amide bonds. The van der Waals surface area contributed by atoms with Gasteiger partial charge in [-0.15, -0.1) is 0 Å². The maximum Gasteiger partial charge on any atom is 0.325 e. The first-order chi connectivity index (χ1) is 14.4. The molecule has 0 atom stereocenters. The molecule has 2 fully saturated rings. The summed E-state index contributed by atoms with van der Waals surface area (Å²) >= 11 is 0. The highest BCUT2D eigenvalue weighted by molar-refractivity contribution is 6.07. The molecule has 2 heterocycles. The fourth-order valence-electron chi connectivity index (χ4n) is 3.58. The van der Waals surface area contributed by atoms with Crippen LogP contribution in [0.15, 0.2) is 22.8 Å². The molecule has 0 bridgehead atoms. The summed E-state index contributed by atoms with van der Waals surface area (Å²) in [5.41, 5.74) is -0.845. The number of esters is 1. The number of hydrogen-bond acceptors (Lipinski definition) is 7. The number of rotatable bonds is 7. The molecule has 0 radical (unpaired) electrons. The molecule has 1 aromatic heterocycles. The summed E-state index contributed by atoms with van der Waals surface area (Å²) in [6.07, 6.45) is 5.17. The van der Waals surface area contributed by atoms with Gasteiger partial charge >= 0.3 is 18.0 Å². The zero-order chi connectivity index (χ0) is 21.6. The van der Waals surface area contributed by atoms with E-state index in [2.05, 4.69) is 10.6 Å². The van der Waals surface area contributed by atoms with Crippen LogP contribution in [0.3, 0.4) is 0 Å². The number of nitrogens with zero attached hydrogens (tertiary/aromatic N) is 1. The van der Waals surface area contributed by atoms with Crippen LogP contribution >= 0.6 is 0 Å². The third-order valence-corrected chi connectivity index (χ3v) is 5.11. The Hall–Kier alpha value is -3.37. The Morgan fingerprint density at radius 2 is 1.97 bits per heavy atom. The molecule has 1 spiro atoms. The highest BCUT2D eigenvalue weighted by Crippen LogP contribution is 2.33. The molecule has 30 heavy (non-hydrogen) atoms. The first-order valence-electron chi connectivity index (χ1n) is 9.79. The van der Waals surface area contributed by atoms with Gasteiger partial charge in [0.05, 0.1) is 19.2 Å². The van der Waals surface area contributed by atoms with Crippen molar-refractivity contribution in [1.29, 1.82) is 0 Å². The Morgan fingerprint density at radius 1 is 1.20 bits per heavy atom. The second-order valence-electron chi connectivity index (χ2n) is 7.25. The summed E-state index contributed by atoms with van der Waals surface area (Å²) in [5.74, 6) is -1.37. The van der Waals surface area contributed by atoms with Crippen molar-refractivity contribution in [1.82, 2.24) is 20.9 Å². The zero-order valence-electron chi connectivity index (χ0n) is 16.4. The molecule has 0 unspecified atom stereocenters. The SMILES string of the molecule is O=C(COC(=O)CCN1C(=O)NC2(CCCCC2)C1=O)NC(=O)NCc1ccco1. The number of carbonyl (C=O) groups is 5. The van der Waals surface area contributed by atoms with Crippen LogP contribution in [0.2, 0.25) is 0 Å². The van der Waals surface area contributed by atoms with Gasteiger partial charge in [0.15, 0.2) is 6.61 Å². The van der Waals surface area contributed by atoms with E-state index in [9.17, 15) is 24.0 Å². The number of nitrogens with one attached hydrogen (secondary N) is 3. The molecule has 3 N–H and O–H groups in total. The minimum Gasteiger partial charge on any atom is -0.467 e. The van der Waals surface area contributed by atoms with Gasteiger partial charge in [-0.05, 0) is 25.0 Å². The van der Waals surface area contributed by atoms with E-state index in [1.807, 2.05) is 5.32 Å². The van der Waals surface area contributed by atoms with Crippen LogP contribution in [-0.4, -0.2) is 53.4 Å². The molecule has 1 aliphatic carbocycles. The molecular weight excluding hydrogens is 396 g/mol. The van der Waals surface area contributed by atoms with Gasteiger partial charge in [-0.1, -0.05) is 19.3 Å². The van der Waals surface area contributed by atoms with E-state index < -0.39 is 36.1 Å². The maximum absolute atomic E-state index is 12.6. The van der Waals surface area contributed by atoms with E-state index >= 15 is 0 Å². The topological polar surface area (TPSA) is 147 Å². The summed E-state index contributed by atoms with van der Waals surface area (Å²) < 4.78 is 9.84. The van der Waals surface area contributed by atoms with Crippen LogP contribution in [-0.2, 0) is 25.7 Å². The van der Waals surface area contributed by atoms with Gasteiger partial charge in [0.25, 0.3) is 11.8 Å². The fraction of sp³-hybridized carbons (Fsp3) is 0.526. The second kappa shape index (κ2) is 9.42. The molecule has 11 heteroatoms. The minimum atomic E-state index is -0.845. The number of hydrogen-bond donors (Lipinski definition) is 3. The highest BCUT2D eigenvalue weighted by atomic mass is 16.5. The van der Waals surface area contributed by atoms with E-state index in [0.717, 1.165) is 24.2 Å². The van der Waals surface area contributed by atoms with Crippen LogP contribution in [0.25, 0.3) is 0 Å². The summed E-state index contributed by atoms with van der Waals surface area (Å²) in [7, 11) is 0. The van der Waals surface area contributed by atoms with Crippen LogP contribution in [0.4, 0.5) is 9.59 Å². The van der Waals surface area contributed by atoms with Crippen molar-refractivity contribution in [2.45, 2.75) is 50.6 Å². The lowest BCUT2D eigenvalue weighted by molar-refractivity contribution is -0.148. The largest absolute Gasteiger partial charge is 0.467 e. The van der Waals surface area contributed by atoms with Gasteiger partial charge in [0.2, 0.25) is 0 Å². The maximum atomic E-state index is 12.6. The Morgan fingerprint density at radius 3 is 2.67 bits per heavy atom. The highest BCUT2D eigenvalue weighted by Gasteiger charge is 2.51. The number of imide groups is 2. The van der Waals surface area contributed by atoms with Gasteiger partial charge in [-0.2, -0.15) is 0 Å². The predicted molar refractivity (Wildman–Crippen MR) is 101 cm³/mol. The number of ether oxygens (including phenoxy) is 1. The molecule has 0 aromatic carbocycles. The second-order valence-corrected chi connectivity index (χ2v) is 7.25. The minimum absolute atomic E-state index is 0.0965. The molecule has 1 saturated carbocycles. The van der Waals surface area contributed by atoms with Gasteiger partial charge < -0.3 is 19.8 Å². The predicted octanol–water partition coefficient (Wildman–Crippen LogP) is 0.793. The molecular formula is C19H24N4O7. The average Bonchev–Trinajstić information content (AvgIpc) is 3.31. The Labute approximate surface area is 172 Å². The summed E-state index contributed by atoms with van der Waals surface area (Å²) in [4.78, 5) is 60.9. The van der Waals surface area contributed by atoms with Crippen molar-refractivity contribution >= 4 is 29.8 Å². The Balaban J connectivity index is 1.35. The molecule has 162 valence electrons. The van der Waals surface area contributed by atoms with E-state index in [1.165, 1.54) is 6.26 Å². The van der Waals surface area contributed by atoms with Crippen molar-refractivity contribution in [3.8, 4) is 0 Å². The van der Waals surface area contributed by atoms with E-state index in [4.69, 9.17) is 9.15 Å². The van der Waals surface area contributed by atoms with Gasteiger partial charge in [-0.25, -0.2) is 9.59 Å². The Bertz CT molecular complexity index is 815. The molecule has 11 nitrogen and oxygen atoms in total. The molecule has 1 aliphatic heterocycles. The van der Waals surface area contributed by atoms with Crippen molar-refractivity contribution in [3.05, 3.63) is 24.2 Å². The standard InChI is InChI=1S/C19H24N4O7/c24-14(21-17(27)20-11-13-5-4-10-29-13)12-30-15(25)6-9-23-16(26)19(22-18(23)28)7-2-1-3-8-19/h4-5,10H,1-3,6-9,11-12H2,(H,22,28)(H2,20,21,24,27). The zero-order valence-corrected chi connectivity index (χ0v) is 16.4. The first kappa shape index (κ1) is 21.3. The lowest BCUT2D eigenvalue weighted by Gasteiger charge is -2.30. The lowest BCUT2D eigenvalue weighted by atomic mass is 9.82. The number of furan rings is 1. The average molecular weight is 420 g/mol. The number of urea groups is 2. The van der Waals surface area contributed by atoms with E-state index in [-0.39, 0.29) is 25.4 Å². The quantitative estimate of drug-likeness (QED) is 0.436. The van der Waals surface area contributed by atoms with Crippen LogP contribution < -0.4 is 16.0 Å². The molecule has 2 aliphatic rings. The lowest BCUT2D eigenvalue weighted by Crippen LogP contribution is -2.48. The van der Waals surface area contributed by atoms with Crippen molar-refractivity contribution in [2.75, 3.05) is 13.2 Å². The third-order valence-electron chi connectivity index (χ3n) is 5.11. The third kappa shape index (κ3) is 5.16. The van der Waals surface area contributed by atoms with Gasteiger partial charge in [0.1, 0.15) is 11.3 Å². The summed E-state index contributed by atoms with van der Waals surface area (Å²) in [6, 6.07) is 2.05. The number of carbonyl (C=O) groups excluding carboxylic acids is 5. The van der Waals surface area contributed by atoms with Crippen LogP contribution in [0, 0.1) is 0 Å². The monoisotopic (exact) mass is 420 g/mol. The fourth-order valence-corrected chi connectivity index (χ4v) is 3.58. The number of amides is 6. The van der Waals surface area contributed by atoms with Gasteiger partial charge in [-0.3, -0.25) is 24.6 Å². The van der Waals surface area contributed by atoms with Crippen molar-refractivity contribution < 1.29 is 33.1 Å². The van der Waals surface area contributed by atoms with E-state index in [0.29, 0.717) is 18.6 Å². The van der Waals surface area contributed by atoms with E-state index in [1.54, 1.807) is 12.1 Å². The molecule has 1 saturated heterocycles. The Kier molecular flexibility index (Phi) is 6.70. The van der Waals surface area contributed by atoms with Crippen molar-refractivity contribution in [2.24, 2.45) is 0 Å². The normalized spacial score (nSPS) is 17.5. The summed E-state index contributed by atoms with van der Waals surface area (Å²) in [5, 5.41) is 7.18. The van der Waals surface area contributed by atoms with Crippen molar-refractivity contribution in [3.63, 3.8) is 0 Å². The molecule has 3 rings (SSSR count). The van der Waals surface area contributed by atoms with Gasteiger partial charge in [0, 0.05) is 6.54 Å².